The van der Waals surface area contributed by atoms with Crippen molar-refractivity contribution < 1.29 is 9.18 Å². The summed E-state index contributed by atoms with van der Waals surface area (Å²) in [5, 5.41) is 4.07. The molecule has 0 radical (unpaired) electrons. The van der Waals surface area contributed by atoms with E-state index in [1.165, 1.54) is 35.2 Å². The van der Waals surface area contributed by atoms with Gasteiger partial charge in [-0.05, 0) is 48.9 Å². The van der Waals surface area contributed by atoms with E-state index in [0.717, 1.165) is 20.7 Å². The summed E-state index contributed by atoms with van der Waals surface area (Å²) >= 11 is 9.04. The smallest absolute Gasteiger partial charge is 0.226 e. The number of hydrogen-bond donors (Lipinski definition) is 1. The van der Waals surface area contributed by atoms with Gasteiger partial charge in [-0.2, -0.15) is 0 Å². The van der Waals surface area contributed by atoms with Gasteiger partial charge in [-0.25, -0.2) is 9.37 Å². The molecule has 3 aromatic rings. The summed E-state index contributed by atoms with van der Waals surface area (Å²) in [5.41, 5.74) is 1.74. The van der Waals surface area contributed by atoms with Gasteiger partial charge in [0.2, 0.25) is 5.91 Å². The number of thiazole rings is 1. The molecular formula is C17H14ClFN2OS2. The molecule has 1 N–H and O–H groups in total. The van der Waals surface area contributed by atoms with Crippen LogP contribution in [0.2, 0.25) is 5.02 Å². The molecule has 0 unspecified atom stereocenters. The molecule has 124 valence electrons. The summed E-state index contributed by atoms with van der Waals surface area (Å²) in [5.74, 6) is 0.267. The van der Waals surface area contributed by atoms with Gasteiger partial charge in [0.1, 0.15) is 5.82 Å². The normalized spacial score (nSPS) is 11.0. The van der Waals surface area contributed by atoms with Crippen LogP contribution in [0.5, 0.6) is 0 Å². The van der Waals surface area contributed by atoms with Gasteiger partial charge < -0.3 is 5.32 Å². The average Bonchev–Trinajstić information content (AvgIpc) is 2.96. The maximum Gasteiger partial charge on any atom is 0.226 e. The average molecular weight is 381 g/mol. The molecule has 1 aromatic heterocycles. The minimum atomic E-state index is -0.261. The Hall–Kier alpha value is -1.63. The molecule has 3 rings (SSSR count). The molecule has 2 aromatic carbocycles. The fourth-order valence-corrected chi connectivity index (χ4v) is 4.07. The number of halogens is 2. The summed E-state index contributed by atoms with van der Waals surface area (Å²) in [7, 11) is 0. The fraction of sp³-hybridized carbons (Fsp3) is 0.176. The van der Waals surface area contributed by atoms with Gasteiger partial charge in [-0.3, -0.25) is 4.79 Å². The Kier molecular flexibility index (Phi) is 5.38. The molecule has 24 heavy (non-hydrogen) atoms. The molecule has 0 atom stereocenters. The maximum absolute atomic E-state index is 12.8. The van der Waals surface area contributed by atoms with Crippen molar-refractivity contribution >= 4 is 56.0 Å². The van der Waals surface area contributed by atoms with Crippen LogP contribution in [-0.4, -0.2) is 16.6 Å². The topological polar surface area (TPSA) is 42.0 Å². The van der Waals surface area contributed by atoms with E-state index < -0.39 is 0 Å². The van der Waals surface area contributed by atoms with Crippen LogP contribution in [0.15, 0.2) is 41.3 Å². The number of rotatable bonds is 5. The number of carbonyl (C=O) groups excluding carboxylic acids is 1. The first-order valence-corrected chi connectivity index (χ1v) is 9.45. The van der Waals surface area contributed by atoms with Crippen LogP contribution in [-0.2, 0) is 4.79 Å². The minimum Gasteiger partial charge on any atom is -0.302 e. The lowest BCUT2D eigenvalue weighted by atomic mass is 10.2. The SMILES string of the molecule is Cc1c(Cl)ccc2sc(NC(=O)CCSc3ccc(F)cc3)nc12. The van der Waals surface area contributed by atoms with Gasteiger partial charge in [-0.15, -0.1) is 11.8 Å². The first-order valence-electron chi connectivity index (χ1n) is 7.27. The Labute approximate surface area is 152 Å². The highest BCUT2D eigenvalue weighted by atomic mass is 35.5. The molecule has 0 aliphatic rings. The van der Waals surface area contributed by atoms with Crippen molar-refractivity contribution in [1.82, 2.24) is 4.98 Å². The van der Waals surface area contributed by atoms with Crippen LogP contribution in [0.4, 0.5) is 9.52 Å². The second-order valence-electron chi connectivity index (χ2n) is 5.14. The number of aromatic nitrogens is 1. The Morgan fingerprint density at radius 2 is 2.04 bits per heavy atom. The zero-order chi connectivity index (χ0) is 17.1. The number of benzene rings is 2. The number of carbonyl (C=O) groups is 1. The van der Waals surface area contributed by atoms with Crippen molar-refractivity contribution in [2.24, 2.45) is 0 Å². The highest BCUT2D eigenvalue weighted by molar-refractivity contribution is 7.99. The highest BCUT2D eigenvalue weighted by Crippen LogP contribution is 2.31. The van der Waals surface area contributed by atoms with Crippen molar-refractivity contribution in [3.8, 4) is 0 Å². The first kappa shape index (κ1) is 17.2. The van der Waals surface area contributed by atoms with Crippen LogP contribution >= 0.6 is 34.7 Å². The second kappa shape index (κ2) is 7.51. The number of nitrogens with zero attached hydrogens (tertiary/aromatic N) is 1. The minimum absolute atomic E-state index is 0.0904. The van der Waals surface area contributed by atoms with Gasteiger partial charge in [0, 0.05) is 22.1 Å². The molecule has 0 aliphatic carbocycles. The lowest BCUT2D eigenvalue weighted by Crippen LogP contribution is -2.11. The summed E-state index contributed by atoms with van der Waals surface area (Å²) < 4.78 is 13.8. The van der Waals surface area contributed by atoms with Gasteiger partial charge in [0.05, 0.1) is 10.2 Å². The second-order valence-corrected chi connectivity index (χ2v) is 7.74. The molecule has 1 amide bonds. The summed E-state index contributed by atoms with van der Waals surface area (Å²) in [6.45, 7) is 1.91. The molecule has 7 heteroatoms. The molecule has 0 fully saturated rings. The zero-order valence-corrected chi connectivity index (χ0v) is 15.2. The molecule has 0 bridgehead atoms. The number of thioether (sulfide) groups is 1. The van der Waals surface area contributed by atoms with E-state index in [0.29, 0.717) is 22.3 Å². The number of nitrogens with one attached hydrogen (secondary N) is 1. The Balaban J connectivity index is 1.57. The number of hydrogen-bond acceptors (Lipinski definition) is 4. The van der Waals surface area contributed by atoms with E-state index in [4.69, 9.17) is 11.6 Å². The first-order chi connectivity index (χ1) is 11.5. The largest absolute Gasteiger partial charge is 0.302 e. The molecule has 1 heterocycles. The van der Waals surface area contributed by atoms with Gasteiger partial charge in [-0.1, -0.05) is 22.9 Å². The molecule has 0 saturated heterocycles. The van der Waals surface area contributed by atoms with E-state index in [1.54, 1.807) is 12.1 Å². The van der Waals surface area contributed by atoms with E-state index in [-0.39, 0.29) is 11.7 Å². The molecule has 0 aliphatic heterocycles. The molecule has 0 spiro atoms. The van der Waals surface area contributed by atoms with Gasteiger partial charge in [0.15, 0.2) is 5.13 Å². The maximum atomic E-state index is 12.8. The summed E-state index contributed by atoms with van der Waals surface area (Å²) in [6, 6.07) is 9.98. The Morgan fingerprint density at radius 3 is 2.79 bits per heavy atom. The van der Waals surface area contributed by atoms with Crippen LogP contribution in [0.25, 0.3) is 10.2 Å². The summed E-state index contributed by atoms with van der Waals surface area (Å²) in [6.07, 6.45) is 0.359. The third-order valence-corrected chi connectivity index (χ3v) is 5.76. The highest BCUT2D eigenvalue weighted by Gasteiger charge is 2.11. The lowest BCUT2D eigenvalue weighted by molar-refractivity contribution is -0.115. The van der Waals surface area contributed by atoms with Crippen molar-refractivity contribution in [3.05, 3.63) is 52.8 Å². The predicted octanol–water partition coefficient (Wildman–Crippen LogP) is 5.52. The molecule has 3 nitrogen and oxygen atoms in total. The van der Waals surface area contributed by atoms with Crippen molar-refractivity contribution in [2.45, 2.75) is 18.2 Å². The predicted molar refractivity (Wildman–Crippen MR) is 99.7 cm³/mol. The Bertz CT molecular complexity index is 880. The van der Waals surface area contributed by atoms with Crippen LogP contribution in [0.3, 0.4) is 0 Å². The molecular weight excluding hydrogens is 367 g/mol. The van der Waals surface area contributed by atoms with Crippen molar-refractivity contribution in [3.63, 3.8) is 0 Å². The zero-order valence-electron chi connectivity index (χ0n) is 12.8. The number of fused-ring (bicyclic) bond motifs is 1. The van der Waals surface area contributed by atoms with E-state index in [9.17, 15) is 9.18 Å². The Morgan fingerprint density at radius 1 is 1.29 bits per heavy atom. The van der Waals surface area contributed by atoms with E-state index in [2.05, 4.69) is 10.3 Å². The number of aryl methyl sites for hydroxylation is 1. The van der Waals surface area contributed by atoms with Crippen LogP contribution in [0.1, 0.15) is 12.0 Å². The van der Waals surface area contributed by atoms with Crippen molar-refractivity contribution in [2.75, 3.05) is 11.1 Å². The summed E-state index contributed by atoms with van der Waals surface area (Å²) in [4.78, 5) is 17.4. The quantitative estimate of drug-likeness (QED) is 0.592. The monoisotopic (exact) mass is 380 g/mol. The lowest BCUT2D eigenvalue weighted by Gasteiger charge is -2.02. The number of amides is 1. The van der Waals surface area contributed by atoms with Crippen LogP contribution in [0, 0.1) is 12.7 Å². The number of anilines is 1. The fourth-order valence-electron chi connectivity index (χ4n) is 2.13. The van der Waals surface area contributed by atoms with Gasteiger partial charge >= 0.3 is 0 Å². The van der Waals surface area contributed by atoms with Crippen LogP contribution < -0.4 is 5.32 Å². The van der Waals surface area contributed by atoms with Crippen molar-refractivity contribution in [1.29, 1.82) is 0 Å². The molecule has 0 saturated carbocycles. The van der Waals surface area contributed by atoms with E-state index in [1.807, 2.05) is 19.1 Å². The third kappa shape index (κ3) is 4.06. The third-order valence-electron chi connectivity index (χ3n) is 3.41. The van der Waals surface area contributed by atoms with Gasteiger partial charge in [0.25, 0.3) is 0 Å². The standard InChI is InChI=1S/C17H14ClFN2OS2/c1-10-13(18)6-7-14-16(10)21-17(24-14)20-15(22)8-9-23-12-4-2-11(19)3-5-12/h2-7H,8-9H2,1H3,(H,20,21,22). The van der Waals surface area contributed by atoms with E-state index >= 15 is 0 Å².